The number of hydrogen-bond donors (Lipinski definition) is 2. The van der Waals surface area contributed by atoms with Crippen molar-refractivity contribution in [3.8, 4) is 11.1 Å². The summed E-state index contributed by atoms with van der Waals surface area (Å²) in [6, 6.07) is 5.04. The highest BCUT2D eigenvalue weighted by Gasteiger charge is 2.30. The van der Waals surface area contributed by atoms with Crippen molar-refractivity contribution in [2.45, 2.75) is 12.8 Å². The number of ketones is 1. The van der Waals surface area contributed by atoms with Crippen molar-refractivity contribution in [3.63, 3.8) is 0 Å². The van der Waals surface area contributed by atoms with E-state index in [1.807, 2.05) is 0 Å². The molecular formula is C22H15Cl2N5O2. The van der Waals surface area contributed by atoms with E-state index in [4.69, 9.17) is 23.2 Å². The topological polar surface area (TPSA) is 101 Å². The molecule has 1 saturated carbocycles. The Balaban J connectivity index is 1.52. The number of nitrogens with zero attached hydrogens (tertiary/aromatic N) is 3. The molecule has 1 aliphatic rings. The molecule has 1 aliphatic carbocycles. The van der Waals surface area contributed by atoms with E-state index in [2.05, 4.69) is 25.3 Å². The van der Waals surface area contributed by atoms with Gasteiger partial charge in [-0.15, -0.1) is 0 Å². The number of pyridine rings is 1. The first-order chi connectivity index (χ1) is 15.0. The average Bonchev–Trinajstić information content (AvgIpc) is 3.53. The average molecular weight is 452 g/mol. The predicted octanol–water partition coefficient (Wildman–Crippen LogP) is 4.91. The summed E-state index contributed by atoms with van der Waals surface area (Å²) in [7, 11) is 0. The zero-order valence-corrected chi connectivity index (χ0v) is 17.5. The minimum atomic E-state index is -0.331. The van der Waals surface area contributed by atoms with Crippen LogP contribution in [-0.2, 0) is 4.79 Å². The number of fused-ring (bicyclic) bond motifs is 1. The number of carbonyl (C=O) groups is 2. The molecule has 5 rings (SSSR count). The number of amides is 1. The number of aromatic amines is 1. The standard InChI is InChI=1S/C22H15Cl2N5O2/c23-16-5-12(13-7-25-10-26-8-13)6-17(24)18(16)20(30)15-9-28-19-14(15)3-4-27-21(19)29-22(31)11-1-2-11/h3-11,28H,1-2H2,(H,27,29,31). The van der Waals surface area contributed by atoms with Crippen LogP contribution in [-0.4, -0.2) is 31.6 Å². The minimum Gasteiger partial charge on any atom is -0.357 e. The van der Waals surface area contributed by atoms with E-state index in [0.29, 0.717) is 27.8 Å². The molecule has 2 N–H and O–H groups in total. The van der Waals surface area contributed by atoms with Crippen LogP contribution in [0.1, 0.15) is 28.8 Å². The lowest BCUT2D eigenvalue weighted by atomic mass is 10.00. The molecule has 0 aliphatic heterocycles. The Labute approximate surface area is 186 Å². The highest BCUT2D eigenvalue weighted by molar-refractivity contribution is 6.42. The van der Waals surface area contributed by atoms with Crippen molar-refractivity contribution in [1.82, 2.24) is 19.9 Å². The summed E-state index contributed by atoms with van der Waals surface area (Å²) in [5.41, 5.74) is 2.61. The van der Waals surface area contributed by atoms with E-state index in [1.165, 1.54) is 6.33 Å². The van der Waals surface area contributed by atoms with Gasteiger partial charge in [0.1, 0.15) is 6.33 Å². The monoisotopic (exact) mass is 451 g/mol. The van der Waals surface area contributed by atoms with Gasteiger partial charge in [0.25, 0.3) is 0 Å². The number of carbonyl (C=O) groups excluding carboxylic acids is 2. The maximum absolute atomic E-state index is 13.3. The summed E-state index contributed by atoms with van der Waals surface area (Å²) in [6.45, 7) is 0. The molecule has 154 valence electrons. The molecule has 1 amide bonds. The second-order valence-corrected chi connectivity index (χ2v) is 8.13. The van der Waals surface area contributed by atoms with Crippen LogP contribution in [0.25, 0.3) is 22.0 Å². The Morgan fingerprint density at radius 3 is 2.45 bits per heavy atom. The van der Waals surface area contributed by atoms with Gasteiger partial charge in [0.05, 0.1) is 21.1 Å². The van der Waals surface area contributed by atoms with Crippen molar-refractivity contribution in [2.75, 3.05) is 5.32 Å². The maximum atomic E-state index is 13.3. The first-order valence-corrected chi connectivity index (χ1v) is 10.3. The van der Waals surface area contributed by atoms with E-state index in [1.54, 1.807) is 43.0 Å². The number of halogens is 2. The molecule has 7 nitrogen and oxygen atoms in total. The molecule has 0 saturated heterocycles. The second kappa shape index (κ2) is 7.76. The molecule has 0 radical (unpaired) electrons. The van der Waals surface area contributed by atoms with Gasteiger partial charge in [-0.25, -0.2) is 15.0 Å². The fourth-order valence-corrected chi connectivity index (χ4v) is 4.10. The van der Waals surface area contributed by atoms with Crippen molar-refractivity contribution in [1.29, 1.82) is 0 Å². The fourth-order valence-electron chi connectivity index (χ4n) is 3.44. The number of hydrogen-bond acceptors (Lipinski definition) is 5. The summed E-state index contributed by atoms with van der Waals surface area (Å²) >= 11 is 12.9. The van der Waals surface area contributed by atoms with Gasteiger partial charge in [-0.05, 0) is 36.6 Å². The molecule has 9 heteroatoms. The summed E-state index contributed by atoms with van der Waals surface area (Å²) in [5.74, 6) is 0.0427. The number of rotatable bonds is 5. The molecule has 3 aromatic heterocycles. The van der Waals surface area contributed by atoms with E-state index < -0.39 is 0 Å². The summed E-state index contributed by atoms with van der Waals surface area (Å²) < 4.78 is 0. The summed E-state index contributed by atoms with van der Waals surface area (Å²) in [6.07, 6.45) is 9.61. The van der Waals surface area contributed by atoms with Gasteiger partial charge in [-0.3, -0.25) is 9.59 Å². The lowest BCUT2D eigenvalue weighted by molar-refractivity contribution is -0.117. The molecule has 1 fully saturated rings. The van der Waals surface area contributed by atoms with E-state index in [0.717, 1.165) is 18.4 Å². The van der Waals surface area contributed by atoms with Gasteiger partial charge in [0.15, 0.2) is 11.6 Å². The van der Waals surface area contributed by atoms with Crippen molar-refractivity contribution >= 4 is 51.6 Å². The molecule has 0 spiro atoms. The Hall–Kier alpha value is -3.29. The zero-order valence-electron chi connectivity index (χ0n) is 16.0. The first kappa shape index (κ1) is 19.7. The molecule has 3 heterocycles. The highest BCUT2D eigenvalue weighted by atomic mass is 35.5. The van der Waals surface area contributed by atoms with Crippen LogP contribution >= 0.6 is 23.2 Å². The molecule has 1 aromatic carbocycles. The Morgan fingerprint density at radius 2 is 1.77 bits per heavy atom. The molecule has 4 aromatic rings. The number of benzene rings is 1. The SMILES string of the molecule is O=C(c1c(Cl)cc(-c2cncnc2)cc1Cl)c1c[nH]c2c(NC(=O)C3CC3)nccc12. The van der Waals surface area contributed by atoms with Gasteiger partial charge >= 0.3 is 0 Å². The molecular weight excluding hydrogens is 437 g/mol. The van der Waals surface area contributed by atoms with E-state index in [9.17, 15) is 9.59 Å². The van der Waals surface area contributed by atoms with E-state index >= 15 is 0 Å². The fraction of sp³-hybridized carbons (Fsp3) is 0.136. The lowest BCUT2D eigenvalue weighted by Gasteiger charge is -2.09. The first-order valence-electron chi connectivity index (χ1n) is 9.59. The summed E-state index contributed by atoms with van der Waals surface area (Å²) in [4.78, 5) is 40.8. The lowest BCUT2D eigenvalue weighted by Crippen LogP contribution is -2.14. The van der Waals surface area contributed by atoms with Crippen LogP contribution in [0.2, 0.25) is 10.0 Å². The minimum absolute atomic E-state index is 0.0410. The Bertz CT molecular complexity index is 1310. The van der Waals surface area contributed by atoms with Gasteiger partial charge in [-0.1, -0.05) is 23.2 Å². The van der Waals surface area contributed by atoms with Crippen LogP contribution in [0.5, 0.6) is 0 Å². The quantitative estimate of drug-likeness (QED) is 0.420. The van der Waals surface area contributed by atoms with Crippen LogP contribution in [0.4, 0.5) is 5.82 Å². The molecule has 0 bridgehead atoms. The largest absolute Gasteiger partial charge is 0.357 e. The van der Waals surface area contributed by atoms with Gasteiger partial charge in [0, 0.05) is 47.2 Å². The van der Waals surface area contributed by atoms with Crippen LogP contribution in [0, 0.1) is 5.92 Å². The number of anilines is 1. The normalized spacial score (nSPS) is 13.4. The number of H-pyrrole nitrogens is 1. The van der Waals surface area contributed by atoms with Crippen LogP contribution < -0.4 is 5.32 Å². The third-order valence-corrected chi connectivity index (χ3v) is 5.80. The third-order valence-electron chi connectivity index (χ3n) is 5.20. The van der Waals surface area contributed by atoms with Gasteiger partial charge in [-0.2, -0.15) is 0 Å². The third kappa shape index (κ3) is 3.66. The Morgan fingerprint density at radius 1 is 1.06 bits per heavy atom. The number of nitrogens with one attached hydrogen (secondary N) is 2. The van der Waals surface area contributed by atoms with Crippen molar-refractivity contribution < 1.29 is 9.59 Å². The molecule has 31 heavy (non-hydrogen) atoms. The zero-order chi connectivity index (χ0) is 21.5. The highest BCUT2D eigenvalue weighted by Crippen LogP contribution is 2.35. The van der Waals surface area contributed by atoms with Gasteiger partial charge in [0.2, 0.25) is 5.91 Å². The van der Waals surface area contributed by atoms with Gasteiger partial charge < -0.3 is 10.3 Å². The second-order valence-electron chi connectivity index (χ2n) is 7.32. The van der Waals surface area contributed by atoms with E-state index in [-0.39, 0.29) is 33.2 Å². The van der Waals surface area contributed by atoms with Crippen LogP contribution in [0.3, 0.4) is 0 Å². The molecule has 0 unspecified atom stereocenters. The predicted molar refractivity (Wildman–Crippen MR) is 118 cm³/mol. The van der Waals surface area contributed by atoms with Crippen molar-refractivity contribution in [3.05, 3.63) is 70.5 Å². The number of aromatic nitrogens is 4. The summed E-state index contributed by atoms with van der Waals surface area (Å²) in [5, 5.41) is 3.90. The van der Waals surface area contributed by atoms with Crippen LogP contribution in [0.15, 0.2) is 49.3 Å². The Kier molecular flexibility index (Phi) is 4.92. The molecule has 0 atom stereocenters. The smallest absolute Gasteiger partial charge is 0.228 e. The maximum Gasteiger partial charge on any atom is 0.228 e. The van der Waals surface area contributed by atoms with Crippen molar-refractivity contribution in [2.24, 2.45) is 5.92 Å².